The molecule has 0 saturated carbocycles. The van der Waals surface area contributed by atoms with E-state index in [1.165, 1.54) is 33.4 Å². The van der Waals surface area contributed by atoms with Crippen LogP contribution in [0.1, 0.15) is 39.3 Å². The topological polar surface area (TPSA) is 12.4 Å². The van der Waals surface area contributed by atoms with Gasteiger partial charge in [0.2, 0.25) is 0 Å². The first-order valence-corrected chi connectivity index (χ1v) is 12.2. The molecular weight excluding hydrogens is 422 g/mol. The number of benzene rings is 5. The Morgan fingerprint density at radius 1 is 0.514 bits per heavy atom. The fraction of sp³-hybridized carbons (Fsp3) is 0.0882. The van der Waals surface area contributed by atoms with Gasteiger partial charge >= 0.3 is 0 Å². The minimum Gasteiger partial charge on any atom is -0.259 e. The summed E-state index contributed by atoms with van der Waals surface area (Å²) in [6.07, 6.45) is 3.07. The predicted molar refractivity (Wildman–Crippen MR) is 146 cm³/mol. The molecule has 1 aliphatic heterocycles. The molecule has 0 fully saturated rings. The van der Waals surface area contributed by atoms with Crippen LogP contribution < -0.4 is 0 Å². The van der Waals surface area contributed by atoms with Crippen molar-refractivity contribution in [2.45, 2.75) is 17.8 Å². The maximum absolute atomic E-state index is 5.25. The van der Waals surface area contributed by atoms with Gasteiger partial charge in [-0.15, -0.1) is 0 Å². The average Bonchev–Trinajstić information content (AvgIpc) is 2.95. The lowest BCUT2D eigenvalue weighted by atomic mass is 9.69. The smallest absolute Gasteiger partial charge is 0.0700 e. The summed E-state index contributed by atoms with van der Waals surface area (Å²) in [6, 6.07) is 49.8. The zero-order valence-corrected chi connectivity index (χ0v) is 19.6. The number of para-hydroxylation sites is 1. The summed E-state index contributed by atoms with van der Waals surface area (Å²) >= 11 is 0. The highest BCUT2D eigenvalue weighted by atomic mass is 14.8. The van der Waals surface area contributed by atoms with Crippen molar-refractivity contribution in [3.05, 3.63) is 173 Å². The van der Waals surface area contributed by atoms with Crippen LogP contribution in [-0.4, -0.2) is 6.21 Å². The van der Waals surface area contributed by atoms with Gasteiger partial charge in [0.25, 0.3) is 0 Å². The Morgan fingerprint density at radius 3 is 1.51 bits per heavy atom. The van der Waals surface area contributed by atoms with Crippen LogP contribution in [0.15, 0.2) is 145 Å². The van der Waals surface area contributed by atoms with E-state index in [0.717, 1.165) is 12.1 Å². The quantitative estimate of drug-likeness (QED) is 0.240. The highest BCUT2D eigenvalue weighted by Gasteiger charge is 2.37. The van der Waals surface area contributed by atoms with E-state index in [2.05, 4.69) is 146 Å². The van der Waals surface area contributed by atoms with Gasteiger partial charge in [-0.05, 0) is 39.8 Å². The van der Waals surface area contributed by atoms with Crippen molar-refractivity contribution in [2.75, 3.05) is 0 Å². The van der Waals surface area contributed by atoms with Crippen LogP contribution >= 0.6 is 0 Å². The zero-order chi connectivity index (χ0) is 23.5. The lowest BCUT2D eigenvalue weighted by Crippen LogP contribution is -2.34. The monoisotopic (exact) mass is 449 g/mol. The molecule has 1 aliphatic rings. The summed E-state index contributed by atoms with van der Waals surface area (Å²) in [7, 11) is 0. The number of hydrogen-bond donors (Lipinski definition) is 0. The second-order valence-electron chi connectivity index (χ2n) is 9.25. The van der Waals surface area contributed by atoms with Crippen molar-refractivity contribution in [3.8, 4) is 0 Å². The molecule has 0 unspecified atom stereocenters. The van der Waals surface area contributed by atoms with Crippen molar-refractivity contribution in [2.24, 2.45) is 4.99 Å². The van der Waals surface area contributed by atoms with Crippen molar-refractivity contribution >= 4 is 11.9 Å². The normalized spacial score (nSPS) is 14.0. The number of fused-ring (bicyclic) bond motifs is 1. The van der Waals surface area contributed by atoms with Crippen LogP contribution in [0.4, 0.5) is 5.69 Å². The van der Waals surface area contributed by atoms with E-state index < -0.39 is 0 Å². The molecule has 0 aromatic heterocycles. The molecule has 1 heteroatoms. The molecule has 0 atom stereocenters. The van der Waals surface area contributed by atoms with Crippen molar-refractivity contribution < 1.29 is 0 Å². The van der Waals surface area contributed by atoms with Gasteiger partial charge in [-0.3, -0.25) is 4.99 Å². The largest absolute Gasteiger partial charge is 0.259 e. The van der Waals surface area contributed by atoms with E-state index in [1.54, 1.807) is 0 Å². The van der Waals surface area contributed by atoms with Gasteiger partial charge in [-0.2, -0.15) is 0 Å². The maximum Gasteiger partial charge on any atom is 0.0700 e. The molecule has 0 bridgehead atoms. The van der Waals surface area contributed by atoms with Gasteiger partial charge in [0, 0.05) is 12.1 Å². The third kappa shape index (κ3) is 3.90. The van der Waals surface area contributed by atoms with Gasteiger partial charge < -0.3 is 0 Å². The molecule has 0 aliphatic carbocycles. The number of hydrogen-bond acceptors (Lipinski definition) is 1. The first-order valence-electron chi connectivity index (χ1n) is 12.2. The molecule has 0 saturated heterocycles. The summed E-state index contributed by atoms with van der Waals surface area (Å²) < 4.78 is 0. The fourth-order valence-electron chi connectivity index (χ4n) is 5.50. The van der Waals surface area contributed by atoms with Crippen molar-refractivity contribution in [1.82, 2.24) is 0 Å². The van der Waals surface area contributed by atoms with Crippen molar-refractivity contribution in [3.63, 3.8) is 0 Å². The molecule has 1 heterocycles. The van der Waals surface area contributed by atoms with E-state index in [9.17, 15) is 0 Å². The Labute approximate surface area is 207 Å². The minimum atomic E-state index is -0.289. The maximum atomic E-state index is 5.25. The molecule has 35 heavy (non-hydrogen) atoms. The highest BCUT2D eigenvalue weighted by Crippen LogP contribution is 2.45. The third-order valence-electron chi connectivity index (χ3n) is 7.19. The summed E-state index contributed by atoms with van der Waals surface area (Å²) in [6.45, 7) is 0. The molecule has 0 radical (unpaired) electrons. The fourth-order valence-corrected chi connectivity index (χ4v) is 5.50. The van der Waals surface area contributed by atoms with Gasteiger partial charge in [-0.1, -0.05) is 140 Å². The predicted octanol–water partition coefficient (Wildman–Crippen LogP) is 8.11. The van der Waals surface area contributed by atoms with Crippen molar-refractivity contribution in [1.29, 1.82) is 0 Å². The molecule has 1 nitrogen and oxygen atoms in total. The lowest BCUT2D eigenvalue weighted by molar-refractivity contribution is 0.683. The molecule has 0 amide bonds. The van der Waals surface area contributed by atoms with Gasteiger partial charge in [-0.25, -0.2) is 0 Å². The molecule has 5 aromatic carbocycles. The minimum absolute atomic E-state index is 0.130. The summed E-state index contributed by atoms with van der Waals surface area (Å²) in [4.78, 5) is 5.25. The van der Waals surface area contributed by atoms with Crippen LogP contribution in [-0.2, 0) is 11.8 Å². The number of rotatable bonds is 5. The Balaban J connectivity index is 1.53. The molecule has 0 N–H and O–H groups in total. The second-order valence-corrected chi connectivity index (χ2v) is 9.25. The van der Waals surface area contributed by atoms with E-state index in [1.807, 2.05) is 0 Å². The third-order valence-corrected chi connectivity index (χ3v) is 7.19. The molecule has 5 aromatic rings. The molecule has 6 rings (SSSR count). The lowest BCUT2D eigenvalue weighted by Gasteiger charge is -2.35. The van der Waals surface area contributed by atoms with Crippen LogP contribution in [0, 0.1) is 0 Å². The van der Waals surface area contributed by atoms with Crippen LogP contribution in [0.2, 0.25) is 0 Å². The average molecular weight is 450 g/mol. The van der Waals surface area contributed by atoms with Crippen LogP contribution in [0.25, 0.3) is 0 Å². The molecule has 168 valence electrons. The Bertz CT molecular complexity index is 1360. The van der Waals surface area contributed by atoms with Gasteiger partial charge in [0.1, 0.15) is 0 Å². The number of aliphatic imine (C=N–C) groups is 1. The Morgan fingerprint density at radius 2 is 1.00 bits per heavy atom. The van der Waals surface area contributed by atoms with E-state index in [0.29, 0.717) is 0 Å². The van der Waals surface area contributed by atoms with E-state index in [4.69, 9.17) is 4.99 Å². The van der Waals surface area contributed by atoms with E-state index in [-0.39, 0.29) is 11.3 Å². The SMILES string of the molecule is C1=Nc2c(cccc2C(c2ccccc2)c2ccccc2)CC1(c1ccccc1)c1ccccc1. The summed E-state index contributed by atoms with van der Waals surface area (Å²) in [5.74, 6) is 0.130. The second kappa shape index (κ2) is 9.19. The molecular formula is C34H27N. The summed E-state index contributed by atoms with van der Waals surface area (Å²) in [5.41, 5.74) is 8.47. The van der Waals surface area contributed by atoms with E-state index >= 15 is 0 Å². The first-order chi connectivity index (χ1) is 17.4. The molecule has 0 spiro atoms. The van der Waals surface area contributed by atoms with Gasteiger partial charge in [0.05, 0.1) is 11.1 Å². The Kier molecular flexibility index (Phi) is 5.60. The standard InChI is InChI=1S/C34H27N/c1-5-14-26(15-6-1)32(27-16-7-2-8-17-27)31-23-13-18-28-24-34(25-35-33(28)31,29-19-9-3-10-20-29)30-21-11-4-12-22-30/h1-23,25,32H,24H2. The van der Waals surface area contributed by atoms with Crippen LogP contribution in [0.3, 0.4) is 0 Å². The highest BCUT2D eigenvalue weighted by molar-refractivity contribution is 5.86. The Hall–Kier alpha value is -4.23. The first kappa shape index (κ1) is 21.3. The number of nitrogens with zero attached hydrogens (tertiary/aromatic N) is 1. The van der Waals surface area contributed by atoms with Crippen LogP contribution in [0.5, 0.6) is 0 Å². The van der Waals surface area contributed by atoms with Gasteiger partial charge in [0.15, 0.2) is 0 Å². The summed E-state index contributed by atoms with van der Waals surface area (Å²) in [5, 5.41) is 0. The zero-order valence-electron chi connectivity index (χ0n) is 19.6.